The van der Waals surface area contributed by atoms with Crippen molar-refractivity contribution < 1.29 is 14.6 Å². The molecule has 20 heavy (non-hydrogen) atoms. The van der Waals surface area contributed by atoms with Crippen LogP contribution in [0.25, 0.3) is 11.2 Å². The second-order valence-corrected chi connectivity index (χ2v) is 3.98. The Hall–Kier alpha value is -3.02. The molecule has 0 bridgehead atoms. The van der Waals surface area contributed by atoms with Crippen molar-refractivity contribution in [1.29, 1.82) is 0 Å². The van der Waals surface area contributed by atoms with Gasteiger partial charge in [-0.25, -0.2) is 9.78 Å². The van der Waals surface area contributed by atoms with Crippen molar-refractivity contribution in [3.05, 3.63) is 54.4 Å². The smallest absolute Gasteiger partial charge is 0.335 e. The van der Waals surface area contributed by atoms with Crippen molar-refractivity contribution in [3.8, 4) is 11.6 Å². The fourth-order valence-corrected chi connectivity index (χ4v) is 1.68. The van der Waals surface area contributed by atoms with E-state index in [1.165, 1.54) is 12.1 Å². The van der Waals surface area contributed by atoms with Crippen LogP contribution in [0.2, 0.25) is 0 Å². The Kier molecular flexibility index (Phi) is 2.96. The summed E-state index contributed by atoms with van der Waals surface area (Å²) in [5.41, 5.74) is 1.38. The molecule has 0 unspecified atom stereocenters. The highest BCUT2D eigenvalue weighted by Crippen LogP contribution is 2.21. The van der Waals surface area contributed by atoms with E-state index in [-0.39, 0.29) is 5.56 Å². The zero-order valence-corrected chi connectivity index (χ0v) is 10.2. The summed E-state index contributed by atoms with van der Waals surface area (Å²) in [6, 6.07) is 9.54. The molecule has 0 fully saturated rings. The van der Waals surface area contributed by atoms with Crippen LogP contribution in [-0.2, 0) is 0 Å². The molecule has 1 N–H and O–H groups in total. The van der Waals surface area contributed by atoms with Crippen molar-refractivity contribution in [2.75, 3.05) is 0 Å². The molecule has 0 amide bonds. The van der Waals surface area contributed by atoms with Crippen LogP contribution >= 0.6 is 0 Å². The minimum atomic E-state index is -0.976. The molecule has 6 heteroatoms. The van der Waals surface area contributed by atoms with Gasteiger partial charge in [-0.15, -0.1) is 0 Å². The summed E-state index contributed by atoms with van der Waals surface area (Å²) in [5.74, 6) is -0.0949. The van der Waals surface area contributed by atoms with E-state index in [1.54, 1.807) is 36.7 Å². The number of nitrogens with zero attached hydrogens (tertiary/aromatic N) is 3. The second-order valence-electron chi connectivity index (χ2n) is 3.98. The molecule has 0 aliphatic heterocycles. The predicted octanol–water partition coefficient (Wildman–Crippen LogP) is 2.52. The topological polar surface area (TPSA) is 85.2 Å². The van der Waals surface area contributed by atoms with E-state index < -0.39 is 5.97 Å². The van der Waals surface area contributed by atoms with Gasteiger partial charge in [0.15, 0.2) is 5.65 Å². The first kappa shape index (κ1) is 12.0. The van der Waals surface area contributed by atoms with Gasteiger partial charge in [0.1, 0.15) is 11.3 Å². The fourth-order valence-electron chi connectivity index (χ4n) is 1.68. The molecule has 6 nitrogen and oxygen atoms in total. The summed E-state index contributed by atoms with van der Waals surface area (Å²) in [4.78, 5) is 23.2. The van der Waals surface area contributed by atoms with Gasteiger partial charge < -0.3 is 9.84 Å². The van der Waals surface area contributed by atoms with E-state index in [4.69, 9.17) is 9.84 Å². The summed E-state index contributed by atoms with van der Waals surface area (Å²) < 4.78 is 5.55. The van der Waals surface area contributed by atoms with E-state index in [1.807, 2.05) is 0 Å². The van der Waals surface area contributed by atoms with Crippen molar-refractivity contribution >= 4 is 17.1 Å². The lowest BCUT2D eigenvalue weighted by Crippen LogP contribution is -1.96. The second kappa shape index (κ2) is 4.93. The van der Waals surface area contributed by atoms with Crippen LogP contribution in [0.15, 0.2) is 48.8 Å². The zero-order chi connectivity index (χ0) is 13.9. The third-order valence-corrected chi connectivity index (χ3v) is 2.63. The first-order valence-electron chi connectivity index (χ1n) is 5.81. The Morgan fingerprint density at radius 2 is 1.75 bits per heavy atom. The lowest BCUT2D eigenvalue weighted by atomic mass is 10.2. The Bertz CT molecular complexity index is 772. The molecule has 2 aromatic heterocycles. The van der Waals surface area contributed by atoms with Crippen molar-refractivity contribution in [2.24, 2.45) is 0 Å². The Balaban J connectivity index is 1.87. The summed E-state index contributed by atoms with van der Waals surface area (Å²) in [6.45, 7) is 0. The zero-order valence-electron chi connectivity index (χ0n) is 10.2. The van der Waals surface area contributed by atoms with Gasteiger partial charge in [0, 0.05) is 18.5 Å². The van der Waals surface area contributed by atoms with Gasteiger partial charge in [-0.3, -0.25) is 4.98 Å². The summed E-state index contributed by atoms with van der Waals surface area (Å²) in [5, 5.41) is 8.82. The van der Waals surface area contributed by atoms with Crippen LogP contribution in [0.5, 0.6) is 11.6 Å². The van der Waals surface area contributed by atoms with Crippen molar-refractivity contribution in [3.63, 3.8) is 0 Å². The maximum atomic E-state index is 10.7. The summed E-state index contributed by atoms with van der Waals surface area (Å²) in [7, 11) is 0. The van der Waals surface area contributed by atoms with Gasteiger partial charge in [-0.05, 0) is 30.3 Å². The largest absolute Gasteiger partial charge is 0.478 e. The first-order valence-corrected chi connectivity index (χ1v) is 5.81. The molecule has 0 radical (unpaired) electrons. The number of pyridine rings is 1. The number of carboxylic acid groups (broad SMARTS) is 1. The first-order chi connectivity index (χ1) is 9.72. The average Bonchev–Trinajstić information content (AvgIpc) is 2.48. The molecule has 0 aliphatic carbocycles. The predicted molar refractivity (Wildman–Crippen MR) is 70.8 cm³/mol. The van der Waals surface area contributed by atoms with Crippen LogP contribution < -0.4 is 4.74 Å². The van der Waals surface area contributed by atoms with Crippen LogP contribution in [0, 0.1) is 0 Å². The maximum Gasteiger partial charge on any atom is 0.335 e. The third kappa shape index (κ3) is 2.39. The number of hydrogen-bond donors (Lipinski definition) is 1. The van der Waals surface area contributed by atoms with Gasteiger partial charge in [0.2, 0.25) is 5.88 Å². The summed E-state index contributed by atoms with van der Waals surface area (Å²) >= 11 is 0. The molecule has 0 saturated carbocycles. The molecule has 0 saturated heterocycles. The minimum Gasteiger partial charge on any atom is -0.478 e. The SMILES string of the molecule is O=C(O)c1ccc(Oc2ccc3nccnc3n2)cc1. The average molecular weight is 267 g/mol. The van der Waals surface area contributed by atoms with E-state index >= 15 is 0 Å². The normalized spacial score (nSPS) is 10.4. The van der Waals surface area contributed by atoms with E-state index in [2.05, 4.69) is 15.0 Å². The lowest BCUT2D eigenvalue weighted by molar-refractivity contribution is 0.0697. The molecule has 3 rings (SSSR count). The molecule has 0 spiro atoms. The van der Waals surface area contributed by atoms with Gasteiger partial charge in [-0.1, -0.05) is 0 Å². The molecule has 3 aromatic rings. The maximum absolute atomic E-state index is 10.7. The van der Waals surface area contributed by atoms with Crippen LogP contribution in [0.1, 0.15) is 10.4 Å². The molecular formula is C14H9N3O3. The minimum absolute atomic E-state index is 0.203. The number of aromatic carboxylic acids is 1. The highest BCUT2D eigenvalue weighted by Gasteiger charge is 2.05. The van der Waals surface area contributed by atoms with Crippen molar-refractivity contribution in [1.82, 2.24) is 15.0 Å². The van der Waals surface area contributed by atoms with Gasteiger partial charge in [-0.2, -0.15) is 4.98 Å². The molecule has 0 atom stereocenters. The van der Waals surface area contributed by atoms with Gasteiger partial charge in [0.05, 0.1) is 5.56 Å². The van der Waals surface area contributed by atoms with Gasteiger partial charge >= 0.3 is 5.97 Å². The van der Waals surface area contributed by atoms with E-state index in [9.17, 15) is 4.79 Å². The number of carbonyl (C=O) groups is 1. The Labute approximate surface area is 113 Å². The number of benzene rings is 1. The number of rotatable bonds is 3. The van der Waals surface area contributed by atoms with Crippen LogP contribution in [0.3, 0.4) is 0 Å². The van der Waals surface area contributed by atoms with E-state index in [0.717, 1.165) is 0 Å². The highest BCUT2D eigenvalue weighted by molar-refractivity contribution is 5.87. The number of aromatic nitrogens is 3. The number of fused-ring (bicyclic) bond motifs is 1. The fraction of sp³-hybridized carbons (Fsp3) is 0. The molecule has 2 heterocycles. The molecule has 98 valence electrons. The molecule has 0 aliphatic rings. The van der Waals surface area contributed by atoms with Gasteiger partial charge in [0.25, 0.3) is 0 Å². The van der Waals surface area contributed by atoms with Crippen molar-refractivity contribution in [2.45, 2.75) is 0 Å². The molecular weight excluding hydrogens is 258 g/mol. The third-order valence-electron chi connectivity index (χ3n) is 2.63. The number of hydrogen-bond acceptors (Lipinski definition) is 5. The highest BCUT2D eigenvalue weighted by atomic mass is 16.5. The van der Waals surface area contributed by atoms with Crippen LogP contribution in [0.4, 0.5) is 0 Å². The number of carboxylic acids is 1. The lowest BCUT2D eigenvalue weighted by Gasteiger charge is -2.05. The number of ether oxygens (including phenoxy) is 1. The summed E-state index contributed by atoms with van der Waals surface area (Å²) in [6.07, 6.45) is 3.15. The monoisotopic (exact) mass is 267 g/mol. The molecule has 1 aromatic carbocycles. The quantitative estimate of drug-likeness (QED) is 0.784. The standard InChI is InChI=1S/C14H9N3O3/c18-14(19)9-1-3-10(4-2-9)20-12-6-5-11-13(17-12)16-8-7-15-11/h1-8H,(H,18,19). The Morgan fingerprint density at radius 3 is 2.50 bits per heavy atom. The van der Waals surface area contributed by atoms with Crippen LogP contribution in [-0.4, -0.2) is 26.0 Å². The Morgan fingerprint density at radius 1 is 1.00 bits per heavy atom. The van der Waals surface area contributed by atoms with E-state index in [0.29, 0.717) is 22.8 Å².